The van der Waals surface area contributed by atoms with Crippen LogP contribution in [0.15, 0.2) is 59.1 Å². The van der Waals surface area contributed by atoms with E-state index in [2.05, 4.69) is 54.0 Å². The van der Waals surface area contributed by atoms with Crippen molar-refractivity contribution in [3.8, 4) is 22.3 Å². The average molecular weight is 367 g/mol. The number of nitrogen functional groups attached to an aromatic ring is 2. The topological polar surface area (TPSA) is 52.0 Å². The van der Waals surface area contributed by atoms with Crippen LogP contribution in [-0.2, 0) is 0 Å². The molecule has 3 rings (SSSR count). The van der Waals surface area contributed by atoms with Crippen molar-refractivity contribution >= 4 is 27.3 Å². The lowest BCUT2D eigenvalue weighted by Crippen LogP contribution is -1.96. The molecule has 4 N–H and O–H groups in total. The first kappa shape index (κ1) is 15.6. The lowest BCUT2D eigenvalue weighted by Gasteiger charge is -2.15. The molecule has 0 bridgehead atoms. The number of para-hydroxylation sites is 1. The summed E-state index contributed by atoms with van der Waals surface area (Å²) in [6.45, 7) is 4.22. The number of hydrogen-bond donors (Lipinski definition) is 2. The van der Waals surface area contributed by atoms with Gasteiger partial charge in [0.15, 0.2) is 0 Å². The van der Waals surface area contributed by atoms with E-state index in [1.54, 1.807) is 0 Å². The maximum atomic E-state index is 6.20. The summed E-state index contributed by atoms with van der Waals surface area (Å²) in [5.74, 6) is 0. The molecule has 0 saturated heterocycles. The summed E-state index contributed by atoms with van der Waals surface area (Å²) in [6, 6.07) is 18.4. The molecule has 0 saturated carbocycles. The van der Waals surface area contributed by atoms with Gasteiger partial charge in [-0.05, 0) is 54.3 Å². The second-order valence-corrected chi connectivity index (χ2v) is 6.72. The van der Waals surface area contributed by atoms with Crippen LogP contribution in [0.3, 0.4) is 0 Å². The number of hydrogen-bond acceptors (Lipinski definition) is 2. The van der Waals surface area contributed by atoms with Crippen LogP contribution in [0, 0.1) is 13.8 Å². The maximum absolute atomic E-state index is 6.20. The average Bonchev–Trinajstić information content (AvgIpc) is 2.50. The zero-order chi connectivity index (χ0) is 16.6. The van der Waals surface area contributed by atoms with E-state index in [0.717, 1.165) is 32.5 Å². The molecule has 0 spiro atoms. The number of halogens is 1. The number of anilines is 2. The molecule has 0 heterocycles. The first-order valence-corrected chi connectivity index (χ1v) is 8.28. The third kappa shape index (κ3) is 2.97. The van der Waals surface area contributed by atoms with Gasteiger partial charge in [-0.25, -0.2) is 0 Å². The van der Waals surface area contributed by atoms with Gasteiger partial charge < -0.3 is 11.5 Å². The van der Waals surface area contributed by atoms with Crippen molar-refractivity contribution in [3.63, 3.8) is 0 Å². The number of benzene rings is 3. The monoisotopic (exact) mass is 366 g/mol. The number of nitrogens with two attached hydrogens (primary N) is 2. The Balaban J connectivity index is 2.17. The van der Waals surface area contributed by atoms with Crippen molar-refractivity contribution in [3.05, 3.63) is 70.2 Å². The van der Waals surface area contributed by atoms with Crippen molar-refractivity contribution in [2.45, 2.75) is 13.8 Å². The van der Waals surface area contributed by atoms with Crippen molar-refractivity contribution in [2.75, 3.05) is 11.5 Å². The maximum Gasteiger partial charge on any atom is 0.0405 e. The Labute approximate surface area is 145 Å². The van der Waals surface area contributed by atoms with E-state index in [-0.39, 0.29) is 0 Å². The molecule has 0 aliphatic heterocycles. The Bertz CT molecular complexity index is 885. The Hall–Kier alpha value is -2.26. The molecule has 2 nitrogen and oxygen atoms in total. The highest BCUT2D eigenvalue weighted by molar-refractivity contribution is 9.10. The molecule has 0 amide bonds. The summed E-state index contributed by atoms with van der Waals surface area (Å²) in [5.41, 5.74) is 20.7. The summed E-state index contributed by atoms with van der Waals surface area (Å²) in [4.78, 5) is 0. The molecule has 0 atom stereocenters. The molecule has 0 aliphatic carbocycles. The molecule has 0 fully saturated rings. The summed E-state index contributed by atoms with van der Waals surface area (Å²) < 4.78 is 0.988. The molecule has 3 aromatic carbocycles. The molecular formula is C20H19BrN2. The third-order valence-electron chi connectivity index (χ3n) is 4.13. The van der Waals surface area contributed by atoms with Crippen molar-refractivity contribution < 1.29 is 0 Å². The van der Waals surface area contributed by atoms with Crippen LogP contribution in [-0.4, -0.2) is 0 Å². The van der Waals surface area contributed by atoms with E-state index in [9.17, 15) is 0 Å². The van der Waals surface area contributed by atoms with Crippen LogP contribution in [0.4, 0.5) is 11.4 Å². The highest BCUT2D eigenvalue weighted by atomic mass is 79.9. The lowest BCUT2D eigenvalue weighted by molar-refractivity contribution is 1.38. The van der Waals surface area contributed by atoms with Crippen LogP contribution in [0.5, 0.6) is 0 Å². The van der Waals surface area contributed by atoms with Crippen LogP contribution >= 0.6 is 15.9 Å². The molecular weight excluding hydrogens is 348 g/mol. The van der Waals surface area contributed by atoms with Gasteiger partial charge in [-0.3, -0.25) is 0 Å². The van der Waals surface area contributed by atoms with Crippen molar-refractivity contribution in [2.24, 2.45) is 0 Å². The minimum absolute atomic E-state index is 0.772. The van der Waals surface area contributed by atoms with E-state index in [1.807, 2.05) is 30.3 Å². The van der Waals surface area contributed by atoms with Crippen LogP contribution in [0.25, 0.3) is 22.3 Å². The van der Waals surface area contributed by atoms with E-state index < -0.39 is 0 Å². The molecule has 0 aromatic heterocycles. The first-order valence-electron chi connectivity index (χ1n) is 7.49. The van der Waals surface area contributed by atoms with Crippen molar-refractivity contribution in [1.82, 2.24) is 0 Å². The standard InChI is InChI=1S/C20H19BrN2/c1-12-10-18(16-8-7-14(21)11-20(16)23)13(2)9-17(12)15-5-3-4-6-19(15)22/h3-11H,22-23H2,1-2H3. The fourth-order valence-electron chi connectivity index (χ4n) is 2.92. The first-order chi connectivity index (χ1) is 11.0. The largest absolute Gasteiger partial charge is 0.398 e. The Morgan fingerprint density at radius 2 is 1.22 bits per heavy atom. The van der Waals surface area contributed by atoms with E-state index in [4.69, 9.17) is 11.5 Å². The van der Waals surface area contributed by atoms with Gasteiger partial charge >= 0.3 is 0 Å². The van der Waals surface area contributed by atoms with Gasteiger partial charge in [0.25, 0.3) is 0 Å². The summed E-state index contributed by atoms with van der Waals surface area (Å²) in [6.07, 6.45) is 0. The summed E-state index contributed by atoms with van der Waals surface area (Å²) in [5, 5.41) is 0. The third-order valence-corrected chi connectivity index (χ3v) is 4.62. The molecule has 3 aromatic rings. The normalized spacial score (nSPS) is 10.7. The van der Waals surface area contributed by atoms with Gasteiger partial charge in [0.05, 0.1) is 0 Å². The van der Waals surface area contributed by atoms with Crippen LogP contribution < -0.4 is 11.5 Å². The molecule has 23 heavy (non-hydrogen) atoms. The number of rotatable bonds is 2. The predicted molar refractivity (Wildman–Crippen MR) is 103 cm³/mol. The van der Waals surface area contributed by atoms with Crippen LogP contribution in [0.2, 0.25) is 0 Å². The second-order valence-electron chi connectivity index (χ2n) is 5.80. The lowest BCUT2D eigenvalue weighted by atomic mass is 9.91. The summed E-state index contributed by atoms with van der Waals surface area (Å²) >= 11 is 3.46. The van der Waals surface area contributed by atoms with E-state index in [1.165, 1.54) is 16.7 Å². The Morgan fingerprint density at radius 1 is 0.652 bits per heavy atom. The smallest absolute Gasteiger partial charge is 0.0405 e. The fourth-order valence-corrected chi connectivity index (χ4v) is 3.30. The van der Waals surface area contributed by atoms with E-state index >= 15 is 0 Å². The van der Waals surface area contributed by atoms with Gasteiger partial charge in [-0.15, -0.1) is 0 Å². The zero-order valence-corrected chi connectivity index (χ0v) is 14.8. The van der Waals surface area contributed by atoms with Gasteiger partial charge in [0.2, 0.25) is 0 Å². The fraction of sp³-hybridized carbons (Fsp3) is 0.100. The molecule has 0 aliphatic rings. The van der Waals surface area contributed by atoms with Gasteiger partial charge in [-0.2, -0.15) is 0 Å². The van der Waals surface area contributed by atoms with Gasteiger partial charge in [0, 0.05) is 27.0 Å². The van der Waals surface area contributed by atoms with Crippen LogP contribution in [0.1, 0.15) is 11.1 Å². The highest BCUT2D eigenvalue weighted by Gasteiger charge is 2.12. The summed E-state index contributed by atoms with van der Waals surface area (Å²) in [7, 11) is 0. The minimum Gasteiger partial charge on any atom is -0.398 e. The quantitative estimate of drug-likeness (QED) is 0.582. The SMILES string of the molecule is Cc1cc(-c2ccc(Br)cc2N)c(C)cc1-c1ccccc1N. The highest BCUT2D eigenvalue weighted by Crippen LogP contribution is 2.36. The number of aryl methyl sites for hydroxylation is 2. The van der Waals surface area contributed by atoms with Gasteiger partial charge in [-0.1, -0.05) is 52.3 Å². The van der Waals surface area contributed by atoms with E-state index in [0.29, 0.717) is 0 Å². The molecule has 0 radical (unpaired) electrons. The Kier molecular flexibility index (Phi) is 4.14. The molecule has 3 heteroatoms. The second kappa shape index (κ2) is 6.09. The zero-order valence-electron chi connectivity index (χ0n) is 13.2. The predicted octanol–water partition coefficient (Wildman–Crippen LogP) is 5.56. The molecule has 116 valence electrons. The minimum atomic E-state index is 0.772. The van der Waals surface area contributed by atoms with Crippen molar-refractivity contribution in [1.29, 1.82) is 0 Å². The molecule has 0 unspecified atom stereocenters. The van der Waals surface area contributed by atoms with Gasteiger partial charge in [0.1, 0.15) is 0 Å². The Morgan fingerprint density at radius 3 is 1.78 bits per heavy atom.